The highest BCUT2D eigenvalue weighted by Gasteiger charge is 2.19. The molecule has 96 valence electrons. The third-order valence-electron chi connectivity index (χ3n) is 2.76. The van der Waals surface area contributed by atoms with Crippen LogP contribution in [0.25, 0.3) is 0 Å². The molecule has 2 nitrogen and oxygen atoms in total. The fourth-order valence-electron chi connectivity index (χ4n) is 1.83. The van der Waals surface area contributed by atoms with E-state index in [1.165, 1.54) is 0 Å². The summed E-state index contributed by atoms with van der Waals surface area (Å²) in [4.78, 5) is 0.987. The van der Waals surface area contributed by atoms with Gasteiger partial charge in [0.15, 0.2) is 0 Å². The average molecular weight is 282 g/mol. The van der Waals surface area contributed by atoms with Crippen molar-refractivity contribution in [2.24, 2.45) is 5.73 Å². The topological polar surface area (TPSA) is 35.2 Å². The Morgan fingerprint density at radius 1 is 1.39 bits per heavy atom. The van der Waals surface area contributed by atoms with E-state index in [-0.39, 0.29) is 6.04 Å². The molecule has 0 saturated heterocycles. The first-order valence-electron chi connectivity index (χ1n) is 5.86. The largest absolute Gasteiger partial charge is 0.494 e. The fraction of sp³-hybridized carbons (Fsp3) is 0.286. The zero-order chi connectivity index (χ0) is 13.1. The number of aryl methyl sites for hydroxylation is 1. The fourth-order valence-corrected chi connectivity index (χ4v) is 3.16. The Bertz CT molecular complexity index is 538. The lowest BCUT2D eigenvalue weighted by molar-refractivity contribution is 0.335. The van der Waals surface area contributed by atoms with Gasteiger partial charge in [-0.25, -0.2) is 0 Å². The summed E-state index contributed by atoms with van der Waals surface area (Å²) in [6.45, 7) is 4.58. The number of benzene rings is 1. The highest BCUT2D eigenvalue weighted by molar-refractivity contribution is 7.10. The zero-order valence-electron chi connectivity index (χ0n) is 10.4. The highest BCUT2D eigenvalue weighted by Crippen LogP contribution is 2.37. The van der Waals surface area contributed by atoms with Crippen LogP contribution in [-0.4, -0.2) is 6.61 Å². The Morgan fingerprint density at radius 2 is 2.11 bits per heavy atom. The van der Waals surface area contributed by atoms with Crippen molar-refractivity contribution in [1.82, 2.24) is 0 Å². The van der Waals surface area contributed by atoms with Gasteiger partial charge >= 0.3 is 0 Å². The van der Waals surface area contributed by atoms with Gasteiger partial charge in [0.25, 0.3) is 0 Å². The van der Waals surface area contributed by atoms with Gasteiger partial charge in [-0.1, -0.05) is 29.8 Å². The second-order valence-electron chi connectivity index (χ2n) is 4.05. The minimum Gasteiger partial charge on any atom is -0.494 e. The van der Waals surface area contributed by atoms with E-state index in [0.717, 1.165) is 26.8 Å². The first-order valence-corrected chi connectivity index (χ1v) is 7.11. The van der Waals surface area contributed by atoms with Gasteiger partial charge in [-0.2, -0.15) is 0 Å². The van der Waals surface area contributed by atoms with E-state index >= 15 is 0 Å². The highest BCUT2D eigenvalue weighted by atomic mass is 35.5. The lowest BCUT2D eigenvalue weighted by Gasteiger charge is -2.15. The van der Waals surface area contributed by atoms with E-state index in [4.69, 9.17) is 22.1 Å². The average Bonchev–Trinajstić information content (AvgIpc) is 2.70. The number of nitrogens with two attached hydrogens (primary N) is 1. The van der Waals surface area contributed by atoms with Gasteiger partial charge in [0, 0.05) is 10.4 Å². The number of ether oxygens (including phenoxy) is 1. The van der Waals surface area contributed by atoms with Crippen LogP contribution in [0.15, 0.2) is 29.6 Å². The predicted molar refractivity (Wildman–Crippen MR) is 77.7 cm³/mol. The molecule has 1 unspecified atom stereocenters. The molecule has 0 saturated carbocycles. The van der Waals surface area contributed by atoms with Crippen molar-refractivity contribution < 1.29 is 4.74 Å². The maximum Gasteiger partial charge on any atom is 0.124 e. The smallest absolute Gasteiger partial charge is 0.124 e. The molecule has 2 aromatic rings. The summed E-state index contributed by atoms with van der Waals surface area (Å²) in [6.07, 6.45) is 0. The number of hydrogen-bond donors (Lipinski definition) is 1. The Hall–Kier alpha value is -1.03. The number of thiophene rings is 1. The van der Waals surface area contributed by atoms with Crippen molar-refractivity contribution in [1.29, 1.82) is 0 Å². The molecule has 0 spiro atoms. The van der Waals surface area contributed by atoms with E-state index < -0.39 is 0 Å². The normalized spacial score (nSPS) is 12.4. The molecule has 18 heavy (non-hydrogen) atoms. The molecule has 2 N–H and O–H groups in total. The Balaban J connectivity index is 2.39. The van der Waals surface area contributed by atoms with Crippen LogP contribution in [0.4, 0.5) is 0 Å². The van der Waals surface area contributed by atoms with Crippen LogP contribution in [0, 0.1) is 6.92 Å². The van der Waals surface area contributed by atoms with Gasteiger partial charge in [0.05, 0.1) is 17.7 Å². The molecule has 4 heteroatoms. The maximum atomic E-state index is 6.31. The lowest BCUT2D eigenvalue weighted by Crippen LogP contribution is -2.12. The van der Waals surface area contributed by atoms with Crippen LogP contribution in [0.1, 0.15) is 29.0 Å². The van der Waals surface area contributed by atoms with Gasteiger partial charge in [0.2, 0.25) is 0 Å². The molecular weight excluding hydrogens is 266 g/mol. The summed E-state index contributed by atoms with van der Waals surface area (Å²) in [5, 5.41) is 2.79. The maximum absolute atomic E-state index is 6.31. The predicted octanol–water partition coefficient (Wildman–Crippen LogP) is 4.16. The minimum absolute atomic E-state index is 0.237. The molecule has 0 aliphatic carbocycles. The van der Waals surface area contributed by atoms with Crippen molar-refractivity contribution >= 4 is 22.9 Å². The van der Waals surface area contributed by atoms with Gasteiger partial charge in [-0.15, -0.1) is 11.3 Å². The van der Waals surface area contributed by atoms with Crippen molar-refractivity contribution in [3.05, 3.63) is 50.7 Å². The van der Waals surface area contributed by atoms with Crippen molar-refractivity contribution in [2.75, 3.05) is 6.61 Å². The molecule has 0 bridgehead atoms. The first-order chi connectivity index (χ1) is 8.65. The van der Waals surface area contributed by atoms with E-state index in [1.54, 1.807) is 11.3 Å². The van der Waals surface area contributed by atoms with Crippen LogP contribution in [0.3, 0.4) is 0 Å². The second kappa shape index (κ2) is 5.74. The molecule has 0 fully saturated rings. The summed E-state index contributed by atoms with van der Waals surface area (Å²) in [5.41, 5.74) is 8.35. The van der Waals surface area contributed by atoms with E-state index in [2.05, 4.69) is 0 Å². The van der Waals surface area contributed by atoms with Gasteiger partial charge in [0.1, 0.15) is 5.75 Å². The van der Waals surface area contributed by atoms with Crippen LogP contribution in [-0.2, 0) is 0 Å². The van der Waals surface area contributed by atoms with Crippen LogP contribution in [0.5, 0.6) is 5.75 Å². The SMILES string of the molecule is CCOc1ccccc1C(N)c1scc(C)c1Cl. The van der Waals surface area contributed by atoms with Gasteiger partial charge in [-0.05, 0) is 30.9 Å². The van der Waals surface area contributed by atoms with E-state index in [1.807, 2.05) is 43.5 Å². The Labute approximate surface area is 116 Å². The molecule has 0 aliphatic rings. The van der Waals surface area contributed by atoms with Crippen LogP contribution < -0.4 is 10.5 Å². The third kappa shape index (κ3) is 2.53. The minimum atomic E-state index is -0.237. The Morgan fingerprint density at radius 3 is 2.72 bits per heavy atom. The molecule has 1 aromatic carbocycles. The second-order valence-corrected chi connectivity index (χ2v) is 5.33. The number of halogens is 1. The summed E-state index contributed by atoms with van der Waals surface area (Å²) >= 11 is 7.87. The quantitative estimate of drug-likeness (QED) is 0.913. The molecule has 0 aliphatic heterocycles. The van der Waals surface area contributed by atoms with Crippen LogP contribution >= 0.6 is 22.9 Å². The van der Waals surface area contributed by atoms with Crippen molar-refractivity contribution in [2.45, 2.75) is 19.9 Å². The number of para-hydroxylation sites is 1. The van der Waals surface area contributed by atoms with Crippen molar-refractivity contribution in [3.63, 3.8) is 0 Å². The molecule has 1 aromatic heterocycles. The zero-order valence-corrected chi connectivity index (χ0v) is 12.0. The van der Waals surface area contributed by atoms with Crippen molar-refractivity contribution in [3.8, 4) is 5.75 Å². The Kier molecular flexibility index (Phi) is 4.27. The van der Waals surface area contributed by atoms with Gasteiger partial charge in [-0.3, -0.25) is 0 Å². The molecule has 1 atom stereocenters. The summed E-state index contributed by atoms with van der Waals surface area (Å²) in [6, 6.07) is 7.60. The van der Waals surface area contributed by atoms with Gasteiger partial charge < -0.3 is 10.5 Å². The summed E-state index contributed by atoms with van der Waals surface area (Å²) < 4.78 is 5.61. The molecule has 0 radical (unpaired) electrons. The molecular formula is C14H16ClNOS. The third-order valence-corrected chi connectivity index (χ3v) is 4.56. The molecule has 0 amide bonds. The molecule has 2 rings (SSSR count). The number of hydrogen-bond acceptors (Lipinski definition) is 3. The van der Waals surface area contributed by atoms with Crippen LogP contribution in [0.2, 0.25) is 5.02 Å². The lowest BCUT2D eigenvalue weighted by atomic mass is 10.0. The summed E-state index contributed by atoms with van der Waals surface area (Å²) in [7, 11) is 0. The monoisotopic (exact) mass is 281 g/mol. The standard InChI is InChI=1S/C14H16ClNOS/c1-3-17-11-7-5-4-6-10(11)13(16)14-12(15)9(2)8-18-14/h4-8,13H,3,16H2,1-2H3. The summed E-state index contributed by atoms with van der Waals surface area (Å²) in [5.74, 6) is 0.828. The van der Waals surface area contributed by atoms with E-state index in [0.29, 0.717) is 6.61 Å². The van der Waals surface area contributed by atoms with E-state index in [9.17, 15) is 0 Å². The number of rotatable bonds is 4. The first kappa shape index (κ1) is 13.4. The molecule has 1 heterocycles.